The molecule has 1 amide bonds. The van der Waals surface area contributed by atoms with Crippen LogP contribution in [0.3, 0.4) is 0 Å². The van der Waals surface area contributed by atoms with Gasteiger partial charge in [0.15, 0.2) is 0 Å². The molecule has 31 heavy (non-hydrogen) atoms. The Labute approximate surface area is 187 Å². The van der Waals surface area contributed by atoms with Gasteiger partial charge in [-0.15, -0.1) is 11.3 Å². The number of halogens is 1. The monoisotopic (exact) mass is 448 g/mol. The zero-order valence-electron chi connectivity index (χ0n) is 16.5. The van der Waals surface area contributed by atoms with E-state index in [1.54, 1.807) is 36.4 Å². The van der Waals surface area contributed by atoms with Crippen LogP contribution in [0, 0.1) is 6.92 Å². The molecule has 7 heteroatoms. The minimum atomic E-state index is -0.502. The highest BCUT2D eigenvalue weighted by molar-refractivity contribution is 7.21. The lowest BCUT2D eigenvalue weighted by Gasteiger charge is -2.04. The number of ether oxygens (including phenoxy) is 1. The summed E-state index contributed by atoms with van der Waals surface area (Å²) in [7, 11) is 0. The average molecular weight is 449 g/mol. The lowest BCUT2D eigenvalue weighted by molar-refractivity contribution is 0.0739. The van der Waals surface area contributed by atoms with Crippen LogP contribution < -0.4 is 10.2 Å². The maximum absolute atomic E-state index is 12.5. The van der Waals surface area contributed by atoms with Gasteiger partial charge in [-0.3, -0.25) is 4.79 Å². The number of hydrogen-bond donors (Lipinski definition) is 1. The molecule has 0 aliphatic carbocycles. The number of aryl methyl sites for hydroxylation is 1. The van der Waals surface area contributed by atoms with Crippen LogP contribution in [0.15, 0.2) is 77.9 Å². The van der Waals surface area contributed by atoms with Crippen LogP contribution in [0.25, 0.3) is 10.1 Å². The van der Waals surface area contributed by atoms with Crippen LogP contribution in [-0.4, -0.2) is 18.1 Å². The summed E-state index contributed by atoms with van der Waals surface area (Å²) in [6.45, 7) is 1.96. The highest BCUT2D eigenvalue weighted by Gasteiger charge is 2.18. The molecule has 1 heterocycles. The van der Waals surface area contributed by atoms with Gasteiger partial charge in [0.1, 0.15) is 10.6 Å². The molecule has 1 aromatic heterocycles. The van der Waals surface area contributed by atoms with Crippen molar-refractivity contribution in [2.24, 2.45) is 5.10 Å². The summed E-state index contributed by atoms with van der Waals surface area (Å²) in [5.74, 6) is -0.403. The van der Waals surface area contributed by atoms with Gasteiger partial charge in [0.05, 0.1) is 11.2 Å². The van der Waals surface area contributed by atoms with E-state index in [1.165, 1.54) is 17.6 Å². The zero-order valence-corrected chi connectivity index (χ0v) is 18.0. The number of nitrogens with one attached hydrogen (secondary N) is 1. The van der Waals surface area contributed by atoms with Crippen molar-refractivity contribution in [1.82, 2.24) is 5.43 Å². The summed E-state index contributed by atoms with van der Waals surface area (Å²) >= 11 is 7.64. The molecule has 0 unspecified atom stereocenters. The fourth-order valence-electron chi connectivity index (χ4n) is 2.86. The average Bonchev–Trinajstić information content (AvgIpc) is 3.12. The largest absolute Gasteiger partial charge is 0.422 e. The molecule has 4 rings (SSSR count). The molecule has 0 atom stereocenters. The van der Waals surface area contributed by atoms with Crippen LogP contribution in [0.1, 0.15) is 31.2 Å². The molecule has 0 saturated heterocycles. The molecule has 4 aromatic rings. The number of benzene rings is 3. The number of rotatable bonds is 5. The minimum absolute atomic E-state index is 0.290. The molecule has 0 bridgehead atoms. The number of thiophene rings is 1. The van der Waals surface area contributed by atoms with E-state index in [0.29, 0.717) is 21.2 Å². The van der Waals surface area contributed by atoms with Gasteiger partial charge in [-0.2, -0.15) is 5.10 Å². The van der Waals surface area contributed by atoms with Gasteiger partial charge in [0.25, 0.3) is 5.91 Å². The number of fused-ring (bicyclic) bond motifs is 1. The van der Waals surface area contributed by atoms with E-state index in [1.807, 2.05) is 43.3 Å². The molecule has 0 aliphatic heterocycles. The van der Waals surface area contributed by atoms with Crippen molar-refractivity contribution in [3.05, 3.63) is 99.4 Å². The molecular formula is C24H17ClN2O3S. The van der Waals surface area contributed by atoms with Crippen molar-refractivity contribution < 1.29 is 14.3 Å². The van der Waals surface area contributed by atoms with Crippen LogP contribution in [-0.2, 0) is 0 Å². The zero-order chi connectivity index (χ0) is 21.8. The van der Waals surface area contributed by atoms with E-state index in [2.05, 4.69) is 10.5 Å². The second kappa shape index (κ2) is 9.12. The standard InChI is InChI=1S/C24H17ClN2O3S/c1-15-6-10-17(11-7-15)23(28)27-26-14-16-8-12-18(13-9-16)30-24(29)22-21(25)19-4-2-3-5-20(19)31-22/h2-14H,1H3,(H,27,28)/b26-14-. The number of carbonyl (C=O) groups excluding carboxylic acids is 2. The molecule has 3 aromatic carbocycles. The van der Waals surface area contributed by atoms with Crippen molar-refractivity contribution in [2.45, 2.75) is 6.92 Å². The van der Waals surface area contributed by atoms with E-state index in [9.17, 15) is 9.59 Å². The Balaban J connectivity index is 1.38. The lowest BCUT2D eigenvalue weighted by atomic mass is 10.1. The number of carbonyl (C=O) groups is 2. The van der Waals surface area contributed by atoms with Gasteiger partial charge >= 0.3 is 5.97 Å². The Morgan fingerprint density at radius 3 is 2.42 bits per heavy atom. The predicted molar refractivity (Wildman–Crippen MR) is 124 cm³/mol. The van der Waals surface area contributed by atoms with Gasteiger partial charge in [-0.25, -0.2) is 10.2 Å². The Morgan fingerprint density at radius 2 is 1.71 bits per heavy atom. The summed E-state index contributed by atoms with van der Waals surface area (Å²) in [5.41, 5.74) is 4.84. The smallest absolute Gasteiger partial charge is 0.355 e. The number of nitrogens with zero attached hydrogens (tertiary/aromatic N) is 1. The fourth-order valence-corrected chi connectivity index (χ4v) is 4.24. The second-order valence-electron chi connectivity index (χ2n) is 6.77. The first-order valence-corrected chi connectivity index (χ1v) is 10.6. The van der Waals surface area contributed by atoms with Gasteiger partial charge in [-0.05, 0) is 55.0 Å². The molecule has 0 radical (unpaired) electrons. The molecule has 154 valence electrons. The molecule has 0 spiro atoms. The predicted octanol–water partition coefficient (Wildman–Crippen LogP) is 5.85. The normalized spacial score (nSPS) is 11.0. The van der Waals surface area contributed by atoms with Crippen LogP contribution in [0.5, 0.6) is 5.75 Å². The third kappa shape index (κ3) is 4.82. The van der Waals surface area contributed by atoms with Crippen LogP contribution in [0.4, 0.5) is 0 Å². The third-order valence-corrected chi connectivity index (χ3v) is 6.16. The topological polar surface area (TPSA) is 67.8 Å². The molecule has 0 aliphatic rings. The van der Waals surface area contributed by atoms with E-state index < -0.39 is 5.97 Å². The number of hydrazone groups is 1. The first-order valence-electron chi connectivity index (χ1n) is 9.40. The number of esters is 1. The fraction of sp³-hybridized carbons (Fsp3) is 0.0417. The molecular weight excluding hydrogens is 432 g/mol. The van der Waals surface area contributed by atoms with Crippen molar-refractivity contribution in [3.63, 3.8) is 0 Å². The van der Waals surface area contributed by atoms with E-state index >= 15 is 0 Å². The SMILES string of the molecule is Cc1ccc(C(=O)N/N=C\c2ccc(OC(=O)c3sc4ccccc4c3Cl)cc2)cc1. The van der Waals surface area contributed by atoms with E-state index in [0.717, 1.165) is 21.2 Å². The van der Waals surface area contributed by atoms with Gasteiger partial charge in [-0.1, -0.05) is 47.5 Å². The molecule has 0 fully saturated rings. The Hall–Kier alpha value is -3.48. The Morgan fingerprint density at radius 1 is 1.00 bits per heavy atom. The van der Waals surface area contributed by atoms with Gasteiger partial charge in [0, 0.05) is 15.6 Å². The van der Waals surface area contributed by atoms with E-state index in [4.69, 9.17) is 16.3 Å². The van der Waals surface area contributed by atoms with Crippen LogP contribution in [0.2, 0.25) is 5.02 Å². The van der Waals surface area contributed by atoms with Crippen molar-refractivity contribution in [1.29, 1.82) is 0 Å². The van der Waals surface area contributed by atoms with Gasteiger partial charge < -0.3 is 4.74 Å². The van der Waals surface area contributed by atoms with Crippen molar-refractivity contribution >= 4 is 51.1 Å². The highest BCUT2D eigenvalue weighted by Crippen LogP contribution is 2.35. The maximum Gasteiger partial charge on any atom is 0.355 e. The first kappa shape index (κ1) is 20.8. The maximum atomic E-state index is 12.5. The summed E-state index contributed by atoms with van der Waals surface area (Å²) in [4.78, 5) is 24.9. The quantitative estimate of drug-likeness (QED) is 0.180. The lowest BCUT2D eigenvalue weighted by Crippen LogP contribution is -2.17. The van der Waals surface area contributed by atoms with Crippen molar-refractivity contribution in [3.8, 4) is 5.75 Å². The molecule has 0 saturated carbocycles. The number of amides is 1. The highest BCUT2D eigenvalue weighted by atomic mass is 35.5. The van der Waals surface area contributed by atoms with Crippen molar-refractivity contribution in [2.75, 3.05) is 0 Å². The number of hydrogen-bond acceptors (Lipinski definition) is 5. The third-order valence-electron chi connectivity index (χ3n) is 4.50. The Kier molecular flexibility index (Phi) is 6.11. The molecule has 5 nitrogen and oxygen atoms in total. The molecule has 1 N–H and O–H groups in total. The Bertz CT molecular complexity index is 1280. The van der Waals surface area contributed by atoms with Crippen LogP contribution >= 0.6 is 22.9 Å². The van der Waals surface area contributed by atoms with E-state index in [-0.39, 0.29) is 5.91 Å². The summed E-state index contributed by atoms with van der Waals surface area (Å²) < 4.78 is 6.38. The second-order valence-corrected chi connectivity index (χ2v) is 8.20. The summed E-state index contributed by atoms with van der Waals surface area (Å²) in [6, 6.07) is 21.5. The summed E-state index contributed by atoms with van der Waals surface area (Å²) in [6.07, 6.45) is 1.51. The minimum Gasteiger partial charge on any atom is -0.422 e. The summed E-state index contributed by atoms with van der Waals surface area (Å²) in [5, 5.41) is 5.20. The first-order chi connectivity index (χ1) is 15.0. The van der Waals surface area contributed by atoms with Gasteiger partial charge in [0.2, 0.25) is 0 Å².